The van der Waals surface area contributed by atoms with Gasteiger partial charge in [0.05, 0.1) is 24.8 Å². The number of hydrogen-bond acceptors (Lipinski definition) is 4. The van der Waals surface area contributed by atoms with E-state index in [-0.39, 0.29) is 12.0 Å². The molecule has 3 N–H and O–H groups in total. The SMILES string of the molecule is CC(C)(C)OC(=O)c1cccc(CN=C(N)NC2CCOc3ccccc32)c1. The van der Waals surface area contributed by atoms with E-state index in [1.165, 1.54) is 0 Å². The minimum absolute atomic E-state index is 0.0711. The van der Waals surface area contributed by atoms with Crippen molar-refractivity contribution in [3.05, 3.63) is 65.2 Å². The van der Waals surface area contributed by atoms with Gasteiger partial charge in [-0.1, -0.05) is 30.3 Å². The van der Waals surface area contributed by atoms with E-state index in [0.717, 1.165) is 23.3 Å². The van der Waals surface area contributed by atoms with Crippen LogP contribution in [0, 0.1) is 0 Å². The highest BCUT2D eigenvalue weighted by molar-refractivity contribution is 5.89. The number of fused-ring (bicyclic) bond motifs is 1. The van der Waals surface area contributed by atoms with E-state index >= 15 is 0 Å². The molecule has 28 heavy (non-hydrogen) atoms. The lowest BCUT2D eigenvalue weighted by molar-refractivity contribution is 0.00694. The van der Waals surface area contributed by atoms with Gasteiger partial charge < -0.3 is 20.5 Å². The first-order valence-corrected chi connectivity index (χ1v) is 9.42. The van der Waals surface area contributed by atoms with Crippen LogP contribution >= 0.6 is 0 Å². The van der Waals surface area contributed by atoms with Gasteiger partial charge in [0.2, 0.25) is 0 Å². The molecule has 1 heterocycles. The smallest absolute Gasteiger partial charge is 0.338 e. The van der Waals surface area contributed by atoms with Crippen LogP contribution in [0.3, 0.4) is 0 Å². The molecule has 0 radical (unpaired) electrons. The zero-order chi connectivity index (χ0) is 20.1. The highest BCUT2D eigenvalue weighted by Gasteiger charge is 2.21. The number of para-hydroxylation sites is 1. The fraction of sp³-hybridized carbons (Fsp3) is 0.364. The summed E-state index contributed by atoms with van der Waals surface area (Å²) in [7, 11) is 0. The standard InChI is InChI=1S/C22H27N3O3/c1-22(2,3)28-20(26)16-8-6-7-15(13-16)14-24-21(23)25-18-11-12-27-19-10-5-4-9-17(18)19/h4-10,13,18H,11-12,14H2,1-3H3,(H3,23,24,25). The van der Waals surface area contributed by atoms with Crippen molar-refractivity contribution in [3.63, 3.8) is 0 Å². The van der Waals surface area contributed by atoms with Crippen LogP contribution in [0.15, 0.2) is 53.5 Å². The van der Waals surface area contributed by atoms with E-state index in [0.29, 0.717) is 24.7 Å². The summed E-state index contributed by atoms with van der Waals surface area (Å²) < 4.78 is 11.1. The van der Waals surface area contributed by atoms with Gasteiger partial charge in [0.25, 0.3) is 0 Å². The van der Waals surface area contributed by atoms with Crippen LogP contribution in [0.2, 0.25) is 0 Å². The molecule has 1 unspecified atom stereocenters. The normalized spacial score (nSPS) is 16.7. The molecule has 2 aromatic carbocycles. The highest BCUT2D eigenvalue weighted by Crippen LogP contribution is 2.31. The van der Waals surface area contributed by atoms with Crippen molar-refractivity contribution in [1.29, 1.82) is 0 Å². The Morgan fingerprint density at radius 3 is 2.82 bits per heavy atom. The second-order valence-corrected chi connectivity index (χ2v) is 7.78. The summed E-state index contributed by atoms with van der Waals surface area (Å²) in [6.45, 7) is 6.56. The number of benzene rings is 2. The van der Waals surface area contributed by atoms with E-state index < -0.39 is 5.60 Å². The van der Waals surface area contributed by atoms with Crippen LogP contribution in [0.4, 0.5) is 0 Å². The number of aliphatic imine (C=N–C) groups is 1. The third-order valence-corrected chi connectivity index (χ3v) is 4.27. The van der Waals surface area contributed by atoms with Crippen LogP contribution in [0.25, 0.3) is 0 Å². The Morgan fingerprint density at radius 1 is 1.25 bits per heavy atom. The topological polar surface area (TPSA) is 85.9 Å². The van der Waals surface area contributed by atoms with Gasteiger partial charge in [0.15, 0.2) is 5.96 Å². The maximum Gasteiger partial charge on any atom is 0.338 e. The van der Waals surface area contributed by atoms with Gasteiger partial charge in [-0.2, -0.15) is 0 Å². The van der Waals surface area contributed by atoms with Crippen molar-refractivity contribution < 1.29 is 14.3 Å². The van der Waals surface area contributed by atoms with Gasteiger partial charge in [-0.15, -0.1) is 0 Å². The fourth-order valence-electron chi connectivity index (χ4n) is 3.03. The molecule has 1 atom stereocenters. The predicted molar refractivity (Wildman–Crippen MR) is 109 cm³/mol. The molecule has 148 valence electrons. The number of hydrogen-bond donors (Lipinski definition) is 2. The van der Waals surface area contributed by atoms with Crippen molar-refractivity contribution in [2.45, 2.75) is 45.4 Å². The van der Waals surface area contributed by atoms with Crippen LogP contribution in [0.1, 0.15) is 54.7 Å². The second-order valence-electron chi connectivity index (χ2n) is 7.78. The molecule has 1 aliphatic rings. The minimum Gasteiger partial charge on any atom is -0.493 e. The molecule has 6 nitrogen and oxygen atoms in total. The van der Waals surface area contributed by atoms with E-state index in [1.807, 2.05) is 57.2 Å². The predicted octanol–water partition coefficient (Wildman–Crippen LogP) is 3.57. The average Bonchev–Trinajstić information content (AvgIpc) is 2.66. The molecule has 0 bridgehead atoms. The molecule has 0 spiro atoms. The molecule has 6 heteroatoms. The lowest BCUT2D eigenvalue weighted by Gasteiger charge is -2.26. The molecule has 0 aromatic heterocycles. The third kappa shape index (κ3) is 5.25. The lowest BCUT2D eigenvalue weighted by Crippen LogP contribution is -2.37. The number of rotatable bonds is 4. The van der Waals surface area contributed by atoms with Crippen molar-refractivity contribution in [1.82, 2.24) is 5.32 Å². The number of carbonyl (C=O) groups is 1. The van der Waals surface area contributed by atoms with Crippen LogP contribution < -0.4 is 15.8 Å². The summed E-state index contributed by atoms with van der Waals surface area (Å²) in [6, 6.07) is 15.3. The number of ether oxygens (including phenoxy) is 2. The first-order chi connectivity index (χ1) is 13.3. The van der Waals surface area contributed by atoms with Crippen molar-refractivity contribution in [3.8, 4) is 5.75 Å². The average molecular weight is 381 g/mol. The Labute approximate surface area is 165 Å². The van der Waals surface area contributed by atoms with Crippen LogP contribution in [0.5, 0.6) is 5.75 Å². The second kappa shape index (κ2) is 8.33. The molecule has 1 aliphatic heterocycles. The molecule has 0 aliphatic carbocycles. The lowest BCUT2D eigenvalue weighted by atomic mass is 10.0. The molecule has 3 rings (SSSR count). The first-order valence-electron chi connectivity index (χ1n) is 9.42. The van der Waals surface area contributed by atoms with Crippen molar-refractivity contribution >= 4 is 11.9 Å². The maximum atomic E-state index is 12.2. The fourth-order valence-corrected chi connectivity index (χ4v) is 3.03. The molecule has 0 saturated heterocycles. The van der Waals surface area contributed by atoms with Gasteiger partial charge >= 0.3 is 5.97 Å². The van der Waals surface area contributed by atoms with Gasteiger partial charge in [0, 0.05) is 12.0 Å². The number of carbonyl (C=O) groups excluding carboxylic acids is 1. The molecule has 2 aromatic rings. The van der Waals surface area contributed by atoms with E-state index in [9.17, 15) is 4.79 Å². The highest BCUT2D eigenvalue weighted by atomic mass is 16.6. The molecular weight excluding hydrogens is 354 g/mol. The number of nitrogens with zero attached hydrogens (tertiary/aromatic N) is 1. The van der Waals surface area contributed by atoms with Crippen molar-refractivity contribution in [2.24, 2.45) is 10.7 Å². The molecule has 0 amide bonds. The van der Waals surface area contributed by atoms with Crippen LogP contribution in [-0.2, 0) is 11.3 Å². The molecule has 0 fully saturated rings. The zero-order valence-corrected chi connectivity index (χ0v) is 16.6. The van der Waals surface area contributed by atoms with Gasteiger partial charge in [-0.05, 0) is 44.5 Å². The first kappa shape index (κ1) is 19.7. The summed E-state index contributed by atoms with van der Waals surface area (Å²) in [5, 5.41) is 3.27. The monoisotopic (exact) mass is 381 g/mol. The Hall–Kier alpha value is -3.02. The number of nitrogens with one attached hydrogen (secondary N) is 1. The number of esters is 1. The van der Waals surface area contributed by atoms with E-state index in [1.54, 1.807) is 12.1 Å². The summed E-state index contributed by atoms with van der Waals surface area (Å²) in [6.07, 6.45) is 0.821. The molecule has 0 saturated carbocycles. The van der Waals surface area contributed by atoms with Crippen LogP contribution in [-0.4, -0.2) is 24.1 Å². The molecular formula is C22H27N3O3. The minimum atomic E-state index is -0.528. The number of nitrogens with two attached hydrogens (primary N) is 1. The van der Waals surface area contributed by atoms with Crippen molar-refractivity contribution in [2.75, 3.05) is 6.61 Å². The third-order valence-electron chi connectivity index (χ3n) is 4.27. The zero-order valence-electron chi connectivity index (χ0n) is 16.6. The Balaban J connectivity index is 1.64. The van der Waals surface area contributed by atoms with Gasteiger partial charge in [-0.25, -0.2) is 9.79 Å². The van der Waals surface area contributed by atoms with Gasteiger partial charge in [-0.3, -0.25) is 0 Å². The summed E-state index contributed by atoms with van der Waals surface area (Å²) >= 11 is 0. The summed E-state index contributed by atoms with van der Waals surface area (Å²) in [4.78, 5) is 16.7. The summed E-state index contributed by atoms with van der Waals surface area (Å²) in [5.74, 6) is 0.900. The maximum absolute atomic E-state index is 12.2. The Bertz CT molecular complexity index is 871. The quantitative estimate of drug-likeness (QED) is 0.480. The Kier molecular flexibility index (Phi) is 5.87. The number of guanidine groups is 1. The van der Waals surface area contributed by atoms with E-state index in [4.69, 9.17) is 15.2 Å². The summed E-state index contributed by atoms with van der Waals surface area (Å²) in [5.41, 5.74) is 8.05. The Morgan fingerprint density at radius 2 is 2.04 bits per heavy atom. The van der Waals surface area contributed by atoms with Gasteiger partial charge in [0.1, 0.15) is 11.4 Å². The van der Waals surface area contributed by atoms with E-state index in [2.05, 4.69) is 10.3 Å². The largest absolute Gasteiger partial charge is 0.493 e.